The Morgan fingerprint density at radius 2 is 1.81 bits per heavy atom. The van der Waals surface area contributed by atoms with Gasteiger partial charge < -0.3 is 14.4 Å². The summed E-state index contributed by atoms with van der Waals surface area (Å²) < 4.78 is 15.7. The molecule has 0 saturated carbocycles. The van der Waals surface area contributed by atoms with Crippen LogP contribution < -0.4 is 0 Å². The molecule has 0 N–H and O–H groups in total. The smallest absolute Gasteiger partial charge is 0.223 e. The molecule has 4 rings (SSSR count). The lowest BCUT2D eigenvalue weighted by atomic mass is 10.2. The van der Waals surface area contributed by atoms with Crippen molar-refractivity contribution in [2.45, 2.75) is 51.6 Å². The van der Waals surface area contributed by atoms with Crippen molar-refractivity contribution >= 4 is 16.8 Å². The maximum atomic E-state index is 13.4. The summed E-state index contributed by atoms with van der Waals surface area (Å²) in [5.74, 6) is 0.0457. The van der Waals surface area contributed by atoms with E-state index in [9.17, 15) is 9.18 Å². The molecule has 2 aliphatic rings. The van der Waals surface area contributed by atoms with Crippen LogP contribution in [0.15, 0.2) is 24.3 Å². The third-order valence-electron chi connectivity index (χ3n) is 5.81. The molecule has 3 heterocycles. The number of benzene rings is 1. The van der Waals surface area contributed by atoms with Crippen molar-refractivity contribution in [1.82, 2.24) is 14.4 Å². The maximum absolute atomic E-state index is 13.4. The van der Waals surface area contributed by atoms with Crippen molar-refractivity contribution in [2.75, 3.05) is 26.2 Å². The molecule has 1 saturated heterocycles. The summed E-state index contributed by atoms with van der Waals surface area (Å²) in [5, 5.41) is 0.926. The number of halogens is 1. The highest BCUT2D eigenvalue weighted by Crippen LogP contribution is 2.25. The van der Waals surface area contributed by atoms with Gasteiger partial charge in [0.05, 0.1) is 6.54 Å². The minimum absolute atomic E-state index is 0.207. The van der Waals surface area contributed by atoms with Crippen LogP contribution >= 0.6 is 0 Å². The Morgan fingerprint density at radius 1 is 1.00 bits per heavy atom. The van der Waals surface area contributed by atoms with E-state index < -0.39 is 0 Å². The normalized spacial score (nSPS) is 18.7. The van der Waals surface area contributed by atoms with Gasteiger partial charge in [0.25, 0.3) is 0 Å². The van der Waals surface area contributed by atoms with Gasteiger partial charge in [-0.05, 0) is 63.2 Å². The SMILES string of the molecule is O=C(CCCN1CCCCCC1)N1CCn2c(cc3cc(F)ccc32)C1. The predicted octanol–water partition coefficient (Wildman–Crippen LogP) is 3.78. The first-order chi connectivity index (χ1) is 12.7. The first-order valence-corrected chi connectivity index (χ1v) is 9.98. The second-order valence-electron chi connectivity index (χ2n) is 7.67. The van der Waals surface area contributed by atoms with E-state index in [0.717, 1.165) is 42.7 Å². The second kappa shape index (κ2) is 7.78. The van der Waals surface area contributed by atoms with Gasteiger partial charge in [-0.25, -0.2) is 4.39 Å². The Balaban J connectivity index is 1.33. The molecule has 1 fully saturated rings. The van der Waals surface area contributed by atoms with Crippen LogP contribution in [0.5, 0.6) is 0 Å². The van der Waals surface area contributed by atoms with E-state index in [1.807, 2.05) is 17.0 Å². The lowest BCUT2D eigenvalue weighted by molar-refractivity contribution is -0.132. The Hall–Kier alpha value is -1.88. The average Bonchev–Trinajstić information content (AvgIpc) is 2.79. The van der Waals surface area contributed by atoms with Gasteiger partial charge in [0, 0.05) is 36.1 Å². The van der Waals surface area contributed by atoms with Crippen molar-refractivity contribution in [3.05, 3.63) is 35.8 Å². The lowest BCUT2D eigenvalue weighted by Crippen LogP contribution is -2.38. The lowest BCUT2D eigenvalue weighted by Gasteiger charge is -2.29. The summed E-state index contributed by atoms with van der Waals surface area (Å²) >= 11 is 0. The number of aromatic nitrogens is 1. The van der Waals surface area contributed by atoms with Crippen molar-refractivity contribution in [1.29, 1.82) is 0 Å². The van der Waals surface area contributed by atoms with Gasteiger partial charge in [-0.1, -0.05) is 12.8 Å². The summed E-state index contributed by atoms with van der Waals surface area (Å²) in [6.45, 7) is 5.60. The van der Waals surface area contributed by atoms with Crippen LogP contribution in [0.4, 0.5) is 4.39 Å². The Bertz CT molecular complexity index is 777. The van der Waals surface area contributed by atoms with Gasteiger partial charge in [-0.2, -0.15) is 0 Å². The minimum atomic E-state index is -0.207. The monoisotopic (exact) mass is 357 g/mol. The molecule has 0 spiro atoms. The van der Waals surface area contributed by atoms with E-state index in [-0.39, 0.29) is 11.7 Å². The molecule has 1 aromatic carbocycles. The number of hydrogen-bond acceptors (Lipinski definition) is 2. The zero-order valence-electron chi connectivity index (χ0n) is 15.4. The molecule has 1 aromatic heterocycles. The standard InChI is InChI=1S/C21H28FN3O/c22-18-7-8-20-17(14-18)15-19-16-24(12-13-25(19)20)21(26)6-5-11-23-9-3-1-2-4-10-23/h7-8,14-15H,1-6,9-13,16H2. The van der Waals surface area contributed by atoms with Crippen molar-refractivity contribution in [3.8, 4) is 0 Å². The average molecular weight is 357 g/mol. The van der Waals surface area contributed by atoms with Gasteiger partial charge in [0.1, 0.15) is 5.82 Å². The number of fused-ring (bicyclic) bond motifs is 3. The molecule has 1 amide bonds. The van der Waals surface area contributed by atoms with Crippen LogP contribution in [0.3, 0.4) is 0 Å². The third-order valence-corrected chi connectivity index (χ3v) is 5.81. The molecule has 0 aliphatic carbocycles. The fourth-order valence-electron chi connectivity index (χ4n) is 4.37. The molecule has 0 bridgehead atoms. The minimum Gasteiger partial charge on any atom is -0.341 e. The number of likely N-dealkylation sites (tertiary alicyclic amines) is 1. The van der Waals surface area contributed by atoms with Crippen molar-refractivity contribution in [2.24, 2.45) is 0 Å². The summed E-state index contributed by atoms with van der Waals surface area (Å²) in [5.41, 5.74) is 2.17. The fourth-order valence-corrected chi connectivity index (χ4v) is 4.37. The van der Waals surface area contributed by atoms with E-state index in [1.165, 1.54) is 44.8 Å². The van der Waals surface area contributed by atoms with Gasteiger partial charge in [0.2, 0.25) is 5.91 Å². The molecular weight excluding hydrogens is 329 g/mol. The van der Waals surface area contributed by atoms with E-state index in [0.29, 0.717) is 13.0 Å². The van der Waals surface area contributed by atoms with Gasteiger partial charge in [0.15, 0.2) is 0 Å². The highest BCUT2D eigenvalue weighted by molar-refractivity contribution is 5.82. The van der Waals surface area contributed by atoms with Crippen LogP contribution in [-0.4, -0.2) is 46.5 Å². The Kier molecular flexibility index (Phi) is 5.25. The first kappa shape index (κ1) is 17.5. The first-order valence-electron chi connectivity index (χ1n) is 9.98. The molecule has 140 valence electrons. The largest absolute Gasteiger partial charge is 0.341 e. The highest BCUT2D eigenvalue weighted by Gasteiger charge is 2.22. The molecule has 26 heavy (non-hydrogen) atoms. The van der Waals surface area contributed by atoms with Crippen LogP contribution in [0.2, 0.25) is 0 Å². The summed E-state index contributed by atoms with van der Waals surface area (Å²) in [7, 11) is 0. The highest BCUT2D eigenvalue weighted by atomic mass is 19.1. The van der Waals surface area contributed by atoms with Crippen LogP contribution in [0, 0.1) is 5.82 Å². The van der Waals surface area contributed by atoms with Gasteiger partial charge in [-0.15, -0.1) is 0 Å². The number of nitrogens with zero attached hydrogens (tertiary/aromatic N) is 3. The van der Waals surface area contributed by atoms with Crippen LogP contribution in [-0.2, 0) is 17.9 Å². The fraction of sp³-hybridized carbons (Fsp3) is 0.571. The summed E-state index contributed by atoms with van der Waals surface area (Å²) in [4.78, 5) is 17.1. The van der Waals surface area contributed by atoms with Crippen LogP contribution in [0.1, 0.15) is 44.2 Å². The number of hydrogen-bond donors (Lipinski definition) is 0. The summed E-state index contributed by atoms with van der Waals surface area (Å²) in [6.07, 6.45) is 6.87. The maximum Gasteiger partial charge on any atom is 0.223 e. The van der Waals surface area contributed by atoms with E-state index in [2.05, 4.69) is 9.47 Å². The van der Waals surface area contributed by atoms with E-state index in [1.54, 1.807) is 6.07 Å². The van der Waals surface area contributed by atoms with E-state index in [4.69, 9.17) is 0 Å². The number of rotatable bonds is 4. The Morgan fingerprint density at radius 3 is 2.62 bits per heavy atom. The van der Waals surface area contributed by atoms with Crippen molar-refractivity contribution < 1.29 is 9.18 Å². The molecule has 0 atom stereocenters. The summed E-state index contributed by atoms with van der Waals surface area (Å²) in [6, 6.07) is 6.95. The molecule has 0 radical (unpaired) electrons. The zero-order valence-corrected chi connectivity index (χ0v) is 15.4. The number of carbonyl (C=O) groups is 1. The molecule has 0 unspecified atom stereocenters. The molecule has 2 aliphatic heterocycles. The predicted molar refractivity (Wildman–Crippen MR) is 101 cm³/mol. The van der Waals surface area contributed by atoms with Crippen LogP contribution in [0.25, 0.3) is 10.9 Å². The number of carbonyl (C=O) groups excluding carboxylic acids is 1. The van der Waals surface area contributed by atoms with E-state index >= 15 is 0 Å². The topological polar surface area (TPSA) is 28.5 Å². The van der Waals surface area contributed by atoms with Gasteiger partial charge in [-0.3, -0.25) is 4.79 Å². The molecule has 2 aromatic rings. The second-order valence-corrected chi connectivity index (χ2v) is 7.67. The van der Waals surface area contributed by atoms with Gasteiger partial charge >= 0.3 is 0 Å². The Labute approximate surface area is 154 Å². The third kappa shape index (κ3) is 3.78. The molecular formula is C21H28FN3O. The number of amides is 1. The molecule has 5 heteroatoms. The molecule has 4 nitrogen and oxygen atoms in total. The van der Waals surface area contributed by atoms with Crippen molar-refractivity contribution in [3.63, 3.8) is 0 Å². The zero-order chi connectivity index (χ0) is 17.9. The quantitative estimate of drug-likeness (QED) is 0.833.